The summed E-state index contributed by atoms with van der Waals surface area (Å²) in [7, 11) is 3.78. The van der Waals surface area contributed by atoms with E-state index in [1.165, 1.54) is 11.9 Å². The molecule has 5 nitrogen and oxygen atoms in total. The maximum Gasteiger partial charge on any atom is 0.164 e. The lowest BCUT2D eigenvalue weighted by Gasteiger charge is -2.06. The zero-order chi connectivity index (χ0) is 12.1. The molecule has 2 rings (SSSR count). The molecule has 90 valence electrons. The molecule has 2 aromatic rings. The van der Waals surface area contributed by atoms with E-state index in [4.69, 9.17) is 4.74 Å². The Morgan fingerprint density at radius 3 is 2.65 bits per heavy atom. The molecule has 5 heteroatoms. The first kappa shape index (κ1) is 11.6. The molecule has 0 aliphatic rings. The summed E-state index contributed by atoms with van der Waals surface area (Å²) in [6.45, 7) is 1.30. The molecular weight excluding hydrogens is 216 g/mol. The highest BCUT2D eigenvalue weighted by molar-refractivity contribution is 5.27. The monoisotopic (exact) mass is 232 g/mol. The van der Waals surface area contributed by atoms with E-state index >= 15 is 0 Å². The van der Waals surface area contributed by atoms with Crippen LogP contribution in [0.2, 0.25) is 0 Å². The van der Waals surface area contributed by atoms with Crippen LogP contribution < -0.4 is 10.1 Å². The van der Waals surface area contributed by atoms with Crippen molar-refractivity contribution < 1.29 is 4.74 Å². The Bertz CT molecular complexity index is 464. The van der Waals surface area contributed by atoms with Gasteiger partial charge in [-0.05, 0) is 24.7 Å². The van der Waals surface area contributed by atoms with Gasteiger partial charge in [-0.25, -0.2) is 4.98 Å². The van der Waals surface area contributed by atoms with Gasteiger partial charge in [0.1, 0.15) is 18.7 Å². The van der Waals surface area contributed by atoms with Crippen LogP contribution in [-0.2, 0) is 20.2 Å². The summed E-state index contributed by atoms with van der Waals surface area (Å²) in [6.07, 6.45) is 1.52. The maximum atomic E-state index is 5.62. The number of benzene rings is 1. The molecule has 1 aromatic heterocycles. The van der Waals surface area contributed by atoms with Gasteiger partial charge in [0.15, 0.2) is 5.82 Å². The van der Waals surface area contributed by atoms with Crippen LogP contribution in [0.3, 0.4) is 0 Å². The van der Waals surface area contributed by atoms with Crippen LogP contribution in [0.1, 0.15) is 11.4 Å². The molecule has 0 fully saturated rings. The zero-order valence-corrected chi connectivity index (χ0v) is 10.1. The predicted octanol–water partition coefficient (Wildman–Crippen LogP) is 1.11. The maximum absolute atomic E-state index is 5.62. The van der Waals surface area contributed by atoms with Crippen LogP contribution in [0.4, 0.5) is 0 Å². The second-order valence-corrected chi connectivity index (χ2v) is 3.76. The van der Waals surface area contributed by atoms with Gasteiger partial charge in [0.05, 0.1) is 0 Å². The minimum Gasteiger partial charge on any atom is -0.486 e. The summed E-state index contributed by atoms with van der Waals surface area (Å²) in [4.78, 5) is 4.09. The van der Waals surface area contributed by atoms with Crippen molar-refractivity contribution in [1.29, 1.82) is 0 Å². The summed E-state index contributed by atoms with van der Waals surface area (Å²) >= 11 is 0. The molecule has 0 aliphatic heterocycles. The van der Waals surface area contributed by atoms with Crippen molar-refractivity contribution >= 4 is 0 Å². The number of nitrogens with zero attached hydrogens (tertiary/aromatic N) is 3. The van der Waals surface area contributed by atoms with Crippen LogP contribution in [0, 0.1) is 0 Å². The summed E-state index contributed by atoms with van der Waals surface area (Å²) in [5, 5.41) is 7.09. The molecule has 0 bridgehead atoms. The van der Waals surface area contributed by atoms with E-state index in [0.717, 1.165) is 18.1 Å². The smallest absolute Gasteiger partial charge is 0.164 e. The first-order chi connectivity index (χ1) is 8.29. The largest absolute Gasteiger partial charge is 0.486 e. The molecule has 0 aliphatic carbocycles. The highest BCUT2D eigenvalue weighted by Crippen LogP contribution is 2.13. The average molecular weight is 232 g/mol. The third-order valence-corrected chi connectivity index (χ3v) is 2.48. The molecule has 0 unspecified atom stereocenters. The Morgan fingerprint density at radius 2 is 2.06 bits per heavy atom. The van der Waals surface area contributed by atoms with Gasteiger partial charge in [0, 0.05) is 13.6 Å². The number of aromatic nitrogens is 3. The lowest BCUT2D eigenvalue weighted by molar-refractivity contribution is 0.289. The molecule has 0 spiro atoms. The molecule has 0 amide bonds. The fraction of sp³-hybridized carbons (Fsp3) is 0.333. The normalized spacial score (nSPS) is 10.5. The van der Waals surface area contributed by atoms with Crippen LogP contribution >= 0.6 is 0 Å². The summed E-state index contributed by atoms with van der Waals surface area (Å²) in [6, 6.07) is 8.01. The van der Waals surface area contributed by atoms with Gasteiger partial charge in [-0.15, -0.1) is 0 Å². The summed E-state index contributed by atoms with van der Waals surface area (Å²) in [5.74, 6) is 1.65. The number of ether oxygens (including phenoxy) is 1. The van der Waals surface area contributed by atoms with E-state index in [0.29, 0.717) is 6.61 Å². The van der Waals surface area contributed by atoms with Crippen LogP contribution in [0.15, 0.2) is 30.6 Å². The Balaban J connectivity index is 1.93. The second-order valence-electron chi connectivity index (χ2n) is 3.76. The number of hydrogen-bond acceptors (Lipinski definition) is 4. The Morgan fingerprint density at radius 1 is 1.29 bits per heavy atom. The number of hydrogen-bond donors (Lipinski definition) is 1. The van der Waals surface area contributed by atoms with Gasteiger partial charge in [0.25, 0.3) is 0 Å². The van der Waals surface area contributed by atoms with Crippen LogP contribution in [0.25, 0.3) is 0 Å². The van der Waals surface area contributed by atoms with Crippen molar-refractivity contribution in [3.8, 4) is 5.75 Å². The fourth-order valence-electron chi connectivity index (χ4n) is 1.51. The van der Waals surface area contributed by atoms with E-state index in [1.807, 2.05) is 38.4 Å². The van der Waals surface area contributed by atoms with Gasteiger partial charge in [-0.3, -0.25) is 4.68 Å². The number of aryl methyl sites for hydroxylation is 1. The first-order valence-corrected chi connectivity index (χ1v) is 5.49. The van der Waals surface area contributed by atoms with Crippen molar-refractivity contribution in [2.24, 2.45) is 7.05 Å². The van der Waals surface area contributed by atoms with Crippen molar-refractivity contribution in [2.75, 3.05) is 7.05 Å². The van der Waals surface area contributed by atoms with Crippen molar-refractivity contribution in [1.82, 2.24) is 20.1 Å². The standard InChI is InChI=1S/C12H16N4O/c1-13-7-10-3-5-11(6-4-10)17-8-12-14-9-15-16(12)2/h3-6,9,13H,7-8H2,1-2H3. The first-order valence-electron chi connectivity index (χ1n) is 5.49. The van der Waals surface area contributed by atoms with Crippen LogP contribution in [-0.4, -0.2) is 21.8 Å². The molecule has 1 aromatic carbocycles. The second kappa shape index (κ2) is 5.45. The molecule has 0 radical (unpaired) electrons. The molecular formula is C12H16N4O. The van der Waals surface area contributed by atoms with Gasteiger partial charge >= 0.3 is 0 Å². The fourth-order valence-corrected chi connectivity index (χ4v) is 1.51. The third-order valence-electron chi connectivity index (χ3n) is 2.48. The Labute approximate surface area is 100 Å². The quantitative estimate of drug-likeness (QED) is 0.839. The zero-order valence-electron chi connectivity index (χ0n) is 10.1. The summed E-state index contributed by atoms with van der Waals surface area (Å²) < 4.78 is 7.32. The molecule has 0 atom stereocenters. The van der Waals surface area contributed by atoms with Crippen molar-refractivity contribution in [2.45, 2.75) is 13.2 Å². The molecule has 17 heavy (non-hydrogen) atoms. The minimum absolute atomic E-state index is 0.432. The molecule has 0 saturated heterocycles. The third kappa shape index (κ3) is 3.04. The van der Waals surface area contributed by atoms with E-state index in [1.54, 1.807) is 4.68 Å². The topological polar surface area (TPSA) is 52.0 Å². The van der Waals surface area contributed by atoms with E-state index in [-0.39, 0.29) is 0 Å². The number of rotatable bonds is 5. The SMILES string of the molecule is CNCc1ccc(OCc2ncnn2C)cc1. The Kier molecular flexibility index (Phi) is 3.72. The average Bonchev–Trinajstić information content (AvgIpc) is 2.75. The van der Waals surface area contributed by atoms with Gasteiger partial charge < -0.3 is 10.1 Å². The van der Waals surface area contributed by atoms with Gasteiger partial charge in [-0.1, -0.05) is 12.1 Å². The lowest BCUT2D eigenvalue weighted by Crippen LogP contribution is -2.06. The van der Waals surface area contributed by atoms with Crippen molar-refractivity contribution in [3.05, 3.63) is 42.0 Å². The Hall–Kier alpha value is -1.88. The highest BCUT2D eigenvalue weighted by Gasteiger charge is 2.01. The van der Waals surface area contributed by atoms with E-state index in [2.05, 4.69) is 15.4 Å². The van der Waals surface area contributed by atoms with Crippen molar-refractivity contribution in [3.63, 3.8) is 0 Å². The summed E-state index contributed by atoms with van der Waals surface area (Å²) in [5.41, 5.74) is 1.23. The highest BCUT2D eigenvalue weighted by atomic mass is 16.5. The molecule has 1 heterocycles. The number of nitrogens with one attached hydrogen (secondary N) is 1. The van der Waals surface area contributed by atoms with Gasteiger partial charge in [-0.2, -0.15) is 5.10 Å². The predicted molar refractivity (Wildman–Crippen MR) is 64.5 cm³/mol. The van der Waals surface area contributed by atoms with E-state index < -0.39 is 0 Å². The van der Waals surface area contributed by atoms with Gasteiger partial charge in [0.2, 0.25) is 0 Å². The molecule has 1 N–H and O–H groups in total. The minimum atomic E-state index is 0.432. The lowest BCUT2D eigenvalue weighted by atomic mass is 10.2. The van der Waals surface area contributed by atoms with Crippen LogP contribution in [0.5, 0.6) is 5.75 Å². The molecule has 0 saturated carbocycles. The van der Waals surface area contributed by atoms with E-state index in [9.17, 15) is 0 Å².